The SMILES string of the molecule is CNCc1cc2c(NCc3ccco3)nc(Cl)nc2[nH]1.Clc1nc(CCc2ccco2)c2ccn(C3CCNCC3)c2n1.Clc1nc(NCc2ccco2)c2ccn(C3CCOCC3)c2n1. The number of ether oxygens (including phenoxy) is 1. The van der Waals surface area contributed by atoms with Crippen LogP contribution in [0.25, 0.3) is 33.1 Å². The number of hydrogen-bond acceptors (Lipinski definition) is 14. The first-order valence-electron chi connectivity index (χ1n) is 22.0. The lowest BCUT2D eigenvalue weighted by molar-refractivity contribution is 0.0706. The van der Waals surface area contributed by atoms with Gasteiger partial charge in [0.2, 0.25) is 15.9 Å². The van der Waals surface area contributed by atoms with Gasteiger partial charge in [-0.15, -0.1) is 0 Å². The van der Waals surface area contributed by atoms with Crippen LogP contribution >= 0.6 is 34.8 Å². The van der Waals surface area contributed by atoms with Crippen molar-refractivity contribution in [3.8, 4) is 0 Å². The van der Waals surface area contributed by atoms with Crippen LogP contribution in [0.1, 0.15) is 66.4 Å². The molecule has 0 spiro atoms. The number of nitrogens with one attached hydrogen (secondary N) is 5. The van der Waals surface area contributed by atoms with Crippen molar-refractivity contribution in [2.75, 3.05) is 44.0 Å². The van der Waals surface area contributed by atoms with Crippen LogP contribution in [0.3, 0.4) is 0 Å². The number of fused-ring (bicyclic) bond motifs is 3. The van der Waals surface area contributed by atoms with Gasteiger partial charge in [-0.1, -0.05) is 0 Å². The Morgan fingerprint density at radius 2 is 1.18 bits per heavy atom. The first kappa shape index (κ1) is 45.2. The van der Waals surface area contributed by atoms with E-state index < -0.39 is 0 Å². The number of aryl methyl sites for hydroxylation is 2. The Labute approximate surface area is 395 Å². The van der Waals surface area contributed by atoms with Gasteiger partial charge in [0.05, 0.1) is 48.3 Å². The Balaban J connectivity index is 0.000000125. The fourth-order valence-corrected chi connectivity index (χ4v) is 8.87. The number of piperidine rings is 1. The molecule has 2 aliphatic rings. The summed E-state index contributed by atoms with van der Waals surface area (Å²) in [5.41, 5.74) is 4.55. The average molecular weight is 955 g/mol. The predicted molar refractivity (Wildman–Crippen MR) is 255 cm³/mol. The van der Waals surface area contributed by atoms with Crippen molar-refractivity contribution < 1.29 is 18.0 Å². The molecule has 11 heterocycles. The molecule has 344 valence electrons. The molecule has 0 aliphatic carbocycles. The molecule has 11 rings (SSSR count). The van der Waals surface area contributed by atoms with Crippen molar-refractivity contribution in [1.82, 2.24) is 54.7 Å². The second kappa shape index (κ2) is 21.6. The number of halogens is 3. The third kappa shape index (κ3) is 11.0. The van der Waals surface area contributed by atoms with Crippen LogP contribution in [0.2, 0.25) is 15.9 Å². The minimum Gasteiger partial charge on any atom is -0.469 e. The second-order valence-corrected chi connectivity index (χ2v) is 16.9. The van der Waals surface area contributed by atoms with Crippen molar-refractivity contribution in [3.05, 3.63) is 130 Å². The van der Waals surface area contributed by atoms with E-state index in [1.807, 2.05) is 55.6 Å². The molecule has 2 aliphatic heterocycles. The number of hydrogen-bond donors (Lipinski definition) is 5. The summed E-state index contributed by atoms with van der Waals surface area (Å²) < 4.78 is 25.9. The lowest BCUT2D eigenvalue weighted by Crippen LogP contribution is -2.29. The molecular weight excluding hydrogens is 905 g/mol. The van der Waals surface area contributed by atoms with Crippen LogP contribution in [0.4, 0.5) is 11.6 Å². The third-order valence-electron chi connectivity index (χ3n) is 11.5. The van der Waals surface area contributed by atoms with Crippen LogP contribution < -0.4 is 21.3 Å². The van der Waals surface area contributed by atoms with Gasteiger partial charge in [-0.2, -0.15) is 15.0 Å². The first-order chi connectivity index (χ1) is 32.4. The Hall–Kier alpha value is -5.95. The van der Waals surface area contributed by atoms with Crippen LogP contribution in [0.15, 0.2) is 99.0 Å². The Morgan fingerprint density at radius 1 is 0.621 bits per heavy atom. The van der Waals surface area contributed by atoms with Crippen LogP contribution in [0.5, 0.6) is 0 Å². The van der Waals surface area contributed by atoms with E-state index in [4.69, 9.17) is 52.8 Å². The minimum atomic E-state index is 0.206. The molecular formula is C46H50Cl3N13O4. The van der Waals surface area contributed by atoms with Crippen molar-refractivity contribution in [3.63, 3.8) is 0 Å². The quantitative estimate of drug-likeness (QED) is 0.0685. The fraction of sp³-hybridized carbons (Fsp3) is 0.348. The predicted octanol–water partition coefficient (Wildman–Crippen LogP) is 9.56. The Bertz CT molecular complexity index is 2780. The highest BCUT2D eigenvalue weighted by Gasteiger charge is 2.21. The lowest BCUT2D eigenvalue weighted by atomic mass is 10.1. The van der Waals surface area contributed by atoms with Crippen LogP contribution in [-0.4, -0.2) is 77.4 Å². The zero-order chi connectivity index (χ0) is 45.2. The van der Waals surface area contributed by atoms with E-state index in [0.717, 1.165) is 139 Å². The van der Waals surface area contributed by atoms with E-state index >= 15 is 0 Å². The number of aromatic amines is 1. The molecule has 5 N–H and O–H groups in total. The standard InChI is InChI=1S/C17H19ClN4O.C16H17ClN4O2.C13H14ClN5O/c18-17-20-15(4-3-13-2-1-11-23-13)14-7-10-22(16(14)21-17)12-5-8-19-9-6-12;17-16-19-14(18-10-12-2-1-7-23-12)13-3-6-21(15(13)20-16)11-4-8-22-9-5-11;1-15-6-8-5-10-11(16-7-9-3-2-4-20-9)18-13(14)19-12(10)17-8/h1-2,7,10-12,19H,3-6,8-9H2;1-3,6-7,11H,4-5,8-10H2,(H,18,19,20);2-5,15H,6-7H2,1H3,(H2,16,17,18,19). The molecule has 9 aromatic rings. The van der Waals surface area contributed by atoms with Crippen molar-refractivity contribution in [2.45, 2.75) is 70.2 Å². The number of anilines is 2. The van der Waals surface area contributed by atoms with Gasteiger partial charge in [-0.05, 0) is 142 Å². The molecule has 0 bridgehead atoms. The molecule has 2 saturated heterocycles. The maximum Gasteiger partial charge on any atom is 0.226 e. The molecule has 20 heteroatoms. The van der Waals surface area contributed by atoms with E-state index in [-0.39, 0.29) is 10.6 Å². The van der Waals surface area contributed by atoms with Crippen molar-refractivity contribution in [1.29, 1.82) is 0 Å². The molecule has 17 nitrogen and oxygen atoms in total. The smallest absolute Gasteiger partial charge is 0.226 e. The monoisotopic (exact) mass is 953 g/mol. The summed E-state index contributed by atoms with van der Waals surface area (Å²) in [7, 11) is 1.89. The maximum absolute atomic E-state index is 6.18. The zero-order valence-electron chi connectivity index (χ0n) is 36.3. The van der Waals surface area contributed by atoms with E-state index in [1.54, 1.807) is 18.8 Å². The molecule has 9 aromatic heterocycles. The van der Waals surface area contributed by atoms with E-state index in [2.05, 4.69) is 83.7 Å². The van der Waals surface area contributed by atoms with Crippen LogP contribution in [-0.2, 0) is 37.2 Å². The topological polar surface area (TPSA) is 200 Å². The first-order valence-corrected chi connectivity index (χ1v) is 23.1. The van der Waals surface area contributed by atoms with Gasteiger partial charge in [0.1, 0.15) is 45.9 Å². The zero-order valence-corrected chi connectivity index (χ0v) is 38.5. The number of H-pyrrole nitrogens is 1. The van der Waals surface area contributed by atoms with Gasteiger partial charge < -0.3 is 53.4 Å². The summed E-state index contributed by atoms with van der Waals surface area (Å²) >= 11 is 18.3. The molecule has 0 radical (unpaired) electrons. The molecule has 0 saturated carbocycles. The highest BCUT2D eigenvalue weighted by atomic mass is 35.5. The number of nitrogens with zero attached hydrogens (tertiary/aromatic N) is 8. The van der Waals surface area contributed by atoms with E-state index in [1.165, 1.54) is 0 Å². The van der Waals surface area contributed by atoms with Crippen LogP contribution in [0, 0.1) is 0 Å². The number of furan rings is 3. The average Bonchev–Trinajstić information content (AvgIpc) is 4.20. The molecule has 0 atom stereocenters. The van der Waals surface area contributed by atoms with Gasteiger partial charge in [0.25, 0.3) is 0 Å². The lowest BCUT2D eigenvalue weighted by Gasteiger charge is -2.24. The Morgan fingerprint density at radius 3 is 1.80 bits per heavy atom. The summed E-state index contributed by atoms with van der Waals surface area (Å²) in [5.74, 6) is 4.05. The largest absolute Gasteiger partial charge is 0.469 e. The summed E-state index contributed by atoms with van der Waals surface area (Å²) in [4.78, 5) is 29.3. The number of aromatic nitrogens is 9. The summed E-state index contributed by atoms with van der Waals surface area (Å²) in [6.07, 6.45) is 15.0. The minimum absolute atomic E-state index is 0.206. The third-order valence-corrected chi connectivity index (χ3v) is 12.1. The summed E-state index contributed by atoms with van der Waals surface area (Å²) in [6, 6.07) is 18.5. The normalized spacial score (nSPS) is 14.6. The van der Waals surface area contributed by atoms with Crippen molar-refractivity contribution >= 4 is 79.5 Å². The molecule has 0 amide bonds. The van der Waals surface area contributed by atoms with Gasteiger partial charge in [0, 0.05) is 61.7 Å². The Kier molecular flexibility index (Phi) is 14.8. The van der Waals surface area contributed by atoms with E-state index in [9.17, 15) is 0 Å². The highest BCUT2D eigenvalue weighted by molar-refractivity contribution is 6.29. The summed E-state index contributed by atoms with van der Waals surface area (Å²) in [5, 5.41) is 16.7. The van der Waals surface area contributed by atoms with Crippen molar-refractivity contribution in [2.24, 2.45) is 0 Å². The van der Waals surface area contributed by atoms with Gasteiger partial charge >= 0.3 is 0 Å². The second-order valence-electron chi connectivity index (χ2n) is 15.9. The summed E-state index contributed by atoms with van der Waals surface area (Å²) in [6.45, 7) is 5.49. The molecule has 0 unspecified atom stereocenters. The highest BCUT2D eigenvalue weighted by Crippen LogP contribution is 2.31. The van der Waals surface area contributed by atoms with Gasteiger partial charge in [-0.3, -0.25) is 0 Å². The van der Waals surface area contributed by atoms with Gasteiger partial charge in [0.15, 0.2) is 0 Å². The van der Waals surface area contributed by atoms with E-state index in [0.29, 0.717) is 36.3 Å². The fourth-order valence-electron chi connectivity index (χ4n) is 8.36. The molecule has 0 aromatic carbocycles. The van der Waals surface area contributed by atoms with Gasteiger partial charge in [-0.25, -0.2) is 15.0 Å². The maximum atomic E-state index is 6.18. The number of rotatable bonds is 13. The molecule has 2 fully saturated rings. The molecule has 66 heavy (non-hydrogen) atoms.